The van der Waals surface area contributed by atoms with Gasteiger partial charge in [-0.15, -0.1) is 0 Å². The largest absolute Gasteiger partial charge is 0.497 e. The number of benzene rings is 1. The van der Waals surface area contributed by atoms with Crippen LogP contribution in [0.25, 0.3) is 0 Å². The molecule has 1 aliphatic rings. The number of likely N-dealkylation sites (tertiary alicyclic amines) is 1. The van der Waals surface area contributed by atoms with E-state index >= 15 is 0 Å². The minimum Gasteiger partial charge on any atom is -0.497 e. The van der Waals surface area contributed by atoms with Gasteiger partial charge in [0.1, 0.15) is 11.6 Å². The normalized spacial score (nSPS) is 16.8. The van der Waals surface area contributed by atoms with E-state index in [4.69, 9.17) is 4.74 Å². The molecule has 0 aliphatic carbocycles. The van der Waals surface area contributed by atoms with E-state index in [2.05, 4.69) is 29.4 Å². The standard InChI is InChI=1S/C22H29N3O2/c1-3-19-6-4-5-15-25(19)22(26)18-12-14-24-21(16-18)23-13-11-17-7-9-20(27-2)10-8-17/h7-10,12,14,16,19H,3-6,11,13,15H2,1-2H3,(H,23,24). The molecule has 1 atom stereocenters. The Bertz CT molecular complexity index is 745. The van der Waals surface area contributed by atoms with Crippen LogP contribution in [0.2, 0.25) is 0 Å². The van der Waals surface area contributed by atoms with Crippen molar-refractivity contribution in [1.82, 2.24) is 9.88 Å². The summed E-state index contributed by atoms with van der Waals surface area (Å²) in [6.45, 7) is 3.78. The number of rotatable bonds is 7. The average Bonchev–Trinajstić information content (AvgIpc) is 2.74. The monoisotopic (exact) mass is 367 g/mol. The van der Waals surface area contributed by atoms with Crippen molar-refractivity contribution in [3.8, 4) is 5.75 Å². The Hall–Kier alpha value is -2.56. The molecular formula is C22H29N3O2. The number of anilines is 1. The van der Waals surface area contributed by atoms with Crippen molar-refractivity contribution in [3.63, 3.8) is 0 Å². The summed E-state index contributed by atoms with van der Waals surface area (Å²) in [5, 5.41) is 3.33. The summed E-state index contributed by atoms with van der Waals surface area (Å²) in [4.78, 5) is 19.3. The van der Waals surface area contributed by atoms with Crippen LogP contribution in [0.1, 0.15) is 48.5 Å². The summed E-state index contributed by atoms with van der Waals surface area (Å²) in [5.41, 5.74) is 1.95. The highest BCUT2D eigenvalue weighted by molar-refractivity contribution is 5.95. The van der Waals surface area contributed by atoms with E-state index in [0.717, 1.165) is 55.9 Å². The van der Waals surface area contributed by atoms with E-state index in [0.29, 0.717) is 6.04 Å². The highest BCUT2D eigenvalue weighted by atomic mass is 16.5. The van der Waals surface area contributed by atoms with Crippen LogP contribution in [0.4, 0.5) is 5.82 Å². The van der Waals surface area contributed by atoms with Crippen LogP contribution in [-0.4, -0.2) is 42.0 Å². The SMILES string of the molecule is CCC1CCCCN1C(=O)c1ccnc(NCCc2ccc(OC)cc2)c1. The predicted molar refractivity (Wildman–Crippen MR) is 108 cm³/mol. The van der Waals surface area contributed by atoms with Crippen molar-refractivity contribution in [2.24, 2.45) is 0 Å². The number of nitrogens with one attached hydrogen (secondary N) is 1. The van der Waals surface area contributed by atoms with E-state index in [1.807, 2.05) is 29.2 Å². The maximum atomic E-state index is 12.9. The zero-order chi connectivity index (χ0) is 19.1. The number of piperidine rings is 1. The zero-order valence-corrected chi connectivity index (χ0v) is 16.3. The van der Waals surface area contributed by atoms with E-state index < -0.39 is 0 Å². The summed E-state index contributed by atoms with van der Waals surface area (Å²) in [6, 6.07) is 12.1. The molecule has 2 heterocycles. The Morgan fingerprint density at radius 3 is 2.81 bits per heavy atom. The van der Waals surface area contributed by atoms with Gasteiger partial charge in [0.05, 0.1) is 7.11 Å². The summed E-state index contributed by atoms with van der Waals surface area (Å²) in [7, 11) is 1.67. The number of nitrogens with zero attached hydrogens (tertiary/aromatic N) is 2. The molecule has 1 aliphatic heterocycles. The van der Waals surface area contributed by atoms with Crippen LogP contribution in [0, 0.1) is 0 Å². The van der Waals surface area contributed by atoms with Crippen LogP contribution in [-0.2, 0) is 6.42 Å². The number of methoxy groups -OCH3 is 1. The molecule has 1 aromatic heterocycles. The third kappa shape index (κ3) is 5.00. The average molecular weight is 367 g/mol. The number of amides is 1. The number of carbonyl (C=O) groups is 1. The molecule has 0 bridgehead atoms. The van der Waals surface area contributed by atoms with Crippen molar-refractivity contribution in [2.45, 2.75) is 45.1 Å². The van der Waals surface area contributed by atoms with Crippen LogP contribution in [0.5, 0.6) is 5.75 Å². The van der Waals surface area contributed by atoms with Gasteiger partial charge >= 0.3 is 0 Å². The van der Waals surface area contributed by atoms with Crippen LogP contribution < -0.4 is 10.1 Å². The fourth-order valence-electron chi connectivity index (χ4n) is 3.65. The lowest BCUT2D eigenvalue weighted by Crippen LogP contribution is -2.43. The van der Waals surface area contributed by atoms with Crippen LogP contribution >= 0.6 is 0 Å². The number of carbonyl (C=O) groups excluding carboxylic acids is 1. The third-order valence-electron chi connectivity index (χ3n) is 5.24. The Morgan fingerprint density at radius 2 is 2.07 bits per heavy atom. The second-order valence-corrected chi connectivity index (χ2v) is 7.01. The molecule has 1 fully saturated rings. The molecule has 0 spiro atoms. The van der Waals surface area contributed by atoms with Crippen LogP contribution in [0.3, 0.4) is 0 Å². The Morgan fingerprint density at radius 1 is 1.26 bits per heavy atom. The molecule has 1 saturated heterocycles. The van der Waals surface area contributed by atoms with Gasteiger partial charge in [-0.3, -0.25) is 4.79 Å². The first kappa shape index (κ1) is 19.2. The van der Waals surface area contributed by atoms with E-state index in [1.54, 1.807) is 13.3 Å². The maximum absolute atomic E-state index is 12.9. The van der Waals surface area contributed by atoms with E-state index in [1.165, 1.54) is 12.0 Å². The van der Waals surface area contributed by atoms with Gasteiger partial charge < -0.3 is 15.0 Å². The molecule has 27 heavy (non-hydrogen) atoms. The first-order valence-electron chi connectivity index (χ1n) is 9.85. The fourth-order valence-corrected chi connectivity index (χ4v) is 3.65. The van der Waals surface area contributed by atoms with Gasteiger partial charge in [-0.1, -0.05) is 19.1 Å². The van der Waals surface area contributed by atoms with Gasteiger partial charge in [0.2, 0.25) is 0 Å². The quantitative estimate of drug-likeness (QED) is 0.799. The molecule has 5 heteroatoms. The van der Waals surface area contributed by atoms with Crippen LogP contribution in [0.15, 0.2) is 42.6 Å². The number of hydrogen-bond donors (Lipinski definition) is 1. The van der Waals surface area contributed by atoms with E-state index in [9.17, 15) is 4.79 Å². The summed E-state index contributed by atoms with van der Waals surface area (Å²) in [5.74, 6) is 1.74. The van der Waals surface area contributed by atoms with Gasteiger partial charge in [0.25, 0.3) is 5.91 Å². The lowest BCUT2D eigenvalue weighted by Gasteiger charge is -2.35. The molecule has 0 radical (unpaired) electrons. The first-order valence-corrected chi connectivity index (χ1v) is 9.85. The highest BCUT2D eigenvalue weighted by Gasteiger charge is 2.26. The second-order valence-electron chi connectivity index (χ2n) is 7.01. The number of pyridine rings is 1. The molecule has 2 aromatic rings. The van der Waals surface area contributed by atoms with Gasteiger partial charge in [-0.25, -0.2) is 4.98 Å². The van der Waals surface area contributed by atoms with Crippen molar-refractivity contribution in [1.29, 1.82) is 0 Å². The molecular weight excluding hydrogens is 338 g/mol. The van der Waals surface area contributed by atoms with Gasteiger partial charge in [0.15, 0.2) is 0 Å². The highest BCUT2D eigenvalue weighted by Crippen LogP contribution is 2.22. The lowest BCUT2D eigenvalue weighted by molar-refractivity contribution is 0.0608. The van der Waals surface area contributed by atoms with Gasteiger partial charge in [-0.05, 0) is 61.9 Å². The third-order valence-corrected chi connectivity index (χ3v) is 5.24. The summed E-state index contributed by atoms with van der Waals surface area (Å²) in [6.07, 6.45) is 7.04. The minimum absolute atomic E-state index is 0.127. The smallest absolute Gasteiger partial charge is 0.254 e. The van der Waals surface area contributed by atoms with Gasteiger partial charge in [-0.2, -0.15) is 0 Å². The van der Waals surface area contributed by atoms with E-state index in [-0.39, 0.29) is 5.91 Å². The first-order chi connectivity index (χ1) is 13.2. The second kappa shape index (κ2) is 9.40. The number of hydrogen-bond acceptors (Lipinski definition) is 4. The topological polar surface area (TPSA) is 54.5 Å². The zero-order valence-electron chi connectivity index (χ0n) is 16.3. The minimum atomic E-state index is 0.127. The molecule has 3 rings (SSSR count). The molecule has 0 saturated carbocycles. The van der Waals surface area contributed by atoms with Crippen molar-refractivity contribution in [2.75, 3.05) is 25.5 Å². The molecule has 144 valence electrons. The van der Waals surface area contributed by atoms with Gasteiger partial charge in [0, 0.05) is 30.9 Å². The molecule has 1 N–H and O–H groups in total. The molecule has 1 aromatic carbocycles. The summed E-state index contributed by atoms with van der Waals surface area (Å²) < 4.78 is 5.18. The number of aromatic nitrogens is 1. The number of ether oxygens (including phenoxy) is 1. The molecule has 1 unspecified atom stereocenters. The predicted octanol–water partition coefficient (Wildman–Crippen LogP) is 4.15. The maximum Gasteiger partial charge on any atom is 0.254 e. The van der Waals surface area contributed by atoms with Crippen molar-refractivity contribution in [3.05, 3.63) is 53.7 Å². The Labute approximate surface area is 161 Å². The summed E-state index contributed by atoms with van der Waals surface area (Å²) >= 11 is 0. The molecule has 1 amide bonds. The Balaban J connectivity index is 1.58. The fraction of sp³-hybridized carbons (Fsp3) is 0.455. The van der Waals surface area contributed by atoms with Crippen molar-refractivity contribution < 1.29 is 9.53 Å². The lowest BCUT2D eigenvalue weighted by atomic mass is 9.99. The van der Waals surface area contributed by atoms with Crippen molar-refractivity contribution >= 4 is 11.7 Å². The Kier molecular flexibility index (Phi) is 6.69. The molecule has 5 nitrogen and oxygen atoms in total.